The SMILES string of the molecule is CC1(C)CC[C@]2(C(=O)O[C@@H]3OC(CO)[C@@H](O)[C@H](O)C3O)CC[C@]3(C)C(=CCC4[C@@]5(C)C[C@@H](O)[C@H](OC(=O)c6cc(O)c(O)c(O)c6)[C@@](C)(CO)C5CC[C@]43C)[C@@H]2[C@@H]1O. The van der Waals surface area contributed by atoms with Gasteiger partial charge in [-0.15, -0.1) is 0 Å². The predicted molar refractivity (Wildman–Crippen MR) is 204 cm³/mol. The number of allylic oxidation sites excluding steroid dienone is 1. The number of benzene rings is 1. The van der Waals surface area contributed by atoms with Gasteiger partial charge in [-0.2, -0.15) is 0 Å². The first-order valence-corrected chi connectivity index (χ1v) is 20.6. The molecule has 15 heteroatoms. The molecule has 0 aromatic heterocycles. The Labute approximate surface area is 338 Å². The minimum absolute atomic E-state index is 0.0435. The molecule has 1 saturated heterocycles. The van der Waals surface area contributed by atoms with Gasteiger partial charge in [0.1, 0.15) is 30.5 Å². The lowest BCUT2D eigenvalue weighted by Gasteiger charge is -2.72. The van der Waals surface area contributed by atoms with Gasteiger partial charge in [0.15, 0.2) is 17.2 Å². The molecule has 0 amide bonds. The largest absolute Gasteiger partial charge is 0.504 e. The van der Waals surface area contributed by atoms with Crippen molar-refractivity contribution in [1.29, 1.82) is 0 Å². The zero-order valence-electron chi connectivity index (χ0n) is 34.2. The molecule has 5 fully saturated rings. The Morgan fingerprint density at radius 1 is 0.810 bits per heavy atom. The normalized spacial score (nSPS) is 47.0. The summed E-state index contributed by atoms with van der Waals surface area (Å²) in [6.45, 7) is 11.3. The van der Waals surface area contributed by atoms with Crippen molar-refractivity contribution in [2.45, 2.75) is 142 Å². The summed E-state index contributed by atoms with van der Waals surface area (Å²) in [5.74, 6) is -4.78. The van der Waals surface area contributed by atoms with E-state index in [-0.39, 0.29) is 23.8 Å². The number of carbonyl (C=O) groups excluding carboxylic acids is 2. The van der Waals surface area contributed by atoms with Crippen LogP contribution in [0.1, 0.15) is 103 Å². The fourth-order valence-electron chi connectivity index (χ4n) is 13.2. The molecule has 6 aliphatic rings. The van der Waals surface area contributed by atoms with Gasteiger partial charge in [-0.05, 0) is 97.0 Å². The van der Waals surface area contributed by atoms with Gasteiger partial charge in [0.25, 0.3) is 0 Å². The van der Waals surface area contributed by atoms with Crippen LogP contribution in [0.15, 0.2) is 23.8 Å². The number of fused-ring (bicyclic) bond motifs is 7. The van der Waals surface area contributed by atoms with Crippen LogP contribution in [0.2, 0.25) is 0 Å². The number of phenolic OH excluding ortho intramolecular Hbond substituents is 3. The Morgan fingerprint density at radius 3 is 2.07 bits per heavy atom. The molecule has 5 aliphatic carbocycles. The summed E-state index contributed by atoms with van der Waals surface area (Å²) in [7, 11) is 0. The number of phenols is 3. The van der Waals surface area contributed by atoms with Crippen molar-refractivity contribution < 1.29 is 74.9 Å². The molecule has 0 bridgehead atoms. The molecule has 0 radical (unpaired) electrons. The van der Waals surface area contributed by atoms with Crippen molar-refractivity contribution in [1.82, 2.24) is 0 Å². The van der Waals surface area contributed by atoms with Gasteiger partial charge in [0.05, 0.1) is 36.4 Å². The molecular weight excluding hydrogens is 756 g/mol. The van der Waals surface area contributed by atoms with Crippen molar-refractivity contribution in [3.05, 3.63) is 29.3 Å². The molecule has 324 valence electrons. The number of aliphatic hydroxyl groups is 7. The fraction of sp³-hybridized carbons (Fsp3) is 0.767. The zero-order chi connectivity index (χ0) is 42.7. The lowest BCUT2D eigenvalue weighted by molar-refractivity contribution is -0.298. The molecule has 16 atom stereocenters. The minimum atomic E-state index is -1.77. The Hall–Kier alpha value is -3.02. The third-order valence-corrected chi connectivity index (χ3v) is 16.9. The number of esters is 2. The summed E-state index contributed by atoms with van der Waals surface area (Å²) in [4.78, 5) is 28.0. The van der Waals surface area contributed by atoms with E-state index in [1.54, 1.807) is 0 Å². The van der Waals surface area contributed by atoms with E-state index in [1.165, 1.54) is 0 Å². The highest BCUT2D eigenvalue weighted by atomic mass is 16.7. The van der Waals surface area contributed by atoms with E-state index in [0.29, 0.717) is 44.9 Å². The predicted octanol–water partition coefficient (Wildman–Crippen LogP) is 2.39. The molecule has 1 aliphatic heterocycles. The third-order valence-electron chi connectivity index (χ3n) is 16.9. The first-order chi connectivity index (χ1) is 27.0. The third kappa shape index (κ3) is 5.96. The maximum absolute atomic E-state index is 14.6. The van der Waals surface area contributed by atoms with Gasteiger partial charge in [-0.3, -0.25) is 4.79 Å². The molecule has 15 nitrogen and oxygen atoms in total. The first-order valence-electron chi connectivity index (χ1n) is 20.6. The van der Waals surface area contributed by atoms with E-state index in [2.05, 4.69) is 26.8 Å². The van der Waals surface area contributed by atoms with Gasteiger partial charge < -0.3 is 65.3 Å². The molecular formula is C43H62O15. The smallest absolute Gasteiger partial charge is 0.338 e. The zero-order valence-corrected chi connectivity index (χ0v) is 34.2. The van der Waals surface area contributed by atoms with E-state index in [1.807, 2.05) is 20.8 Å². The Kier molecular flexibility index (Phi) is 10.6. The number of aromatic hydroxyl groups is 3. The summed E-state index contributed by atoms with van der Waals surface area (Å²) in [5, 5.41) is 107. The van der Waals surface area contributed by atoms with Crippen LogP contribution in [-0.2, 0) is 19.0 Å². The van der Waals surface area contributed by atoms with E-state index in [4.69, 9.17) is 14.2 Å². The van der Waals surface area contributed by atoms with Crippen LogP contribution < -0.4 is 0 Å². The van der Waals surface area contributed by atoms with Crippen LogP contribution in [0.5, 0.6) is 17.2 Å². The topological polar surface area (TPSA) is 264 Å². The van der Waals surface area contributed by atoms with E-state index in [9.17, 15) is 60.7 Å². The fourth-order valence-corrected chi connectivity index (χ4v) is 13.2. The van der Waals surface area contributed by atoms with Crippen molar-refractivity contribution in [2.75, 3.05) is 13.2 Å². The lowest BCUT2D eigenvalue weighted by atomic mass is 9.33. The molecule has 1 aromatic carbocycles. The van der Waals surface area contributed by atoms with Crippen LogP contribution in [0.25, 0.3) is 0 Å². The van der Waals surface area contributed by atoms with Crippen molar-refractivity contribution in [2.24, 2.45) is 50.2 Å². The van der Waals surface area contributed by atoms with Crippen LogP contribution in [0.4, 0.5) is 0 Å². The first kappa shape index (κ1) is 43.1. The van der Waals surface area contributed by atoms with Gasteiger partial charge in [0, 0.05) is 11.3 Å². The van der Waals surface area contributed by atoms with Crippen LogP contribution >= 0.6 is 0 Å². The highest BCUT2D eigenvalue weighted by Gasteiger charge is 2.72. The number of aliphatic hydroxyl groups excluding tert-OH is 7. The van der Waals surface area contributed by atoms with Gasteiger partial charge >= 0.3 is 11.9 Å². The highest BCUT2D eigenvalue weighted by molar-refractivity contribution is 5.91. The molecule has 4 saturated carbocycles. The molecule has 1 aromatic rings. The monoisotopic (exact) mass is 818 g/mol. The van der Waals surface area contributed by atoms with Crippen LogP contribution in [0, 0.1) is 50.2 Å². The molecule has 58 heavy (non-hydrogen) atoms. The number of ether oxygens (including phenoxy) is 3. The van der Waals surface area contributed by atoms with Gasteiger partial charge in [-0.25, -0.2) is 4.79 Å². The van der Waals surface area contributed by atoms with E-state index < -0.39 is 130 Å². The average molecular weight is 819 g/mol. The molecule has 7 rings (SSSR count). The second-order valence-electron chi connectivity index (χ2n) is 20.1. The number of hydrogen-bond donors (Lipinski definition) is 10. The maximum Gasteiger partial charge on any atom is 0.338 e. The summed E-state index contributed by atoms with van der Waals surface area (Å²) in [6, 6.07) is 1.92. The Morgan fingerprint density at radius 2 is 1.45 bits per heavy atom. The number of hydrogen-bond acceptors (Lipinski definition) is 15. The van der Waals surface area contributed by atoms with Crippen molar-refractivity contribution >= 4 is 11.9 Å². The summed E-state index contributed by atoms with van der Waals surface area (Å²) < 4.78 is 17.4. The molecule has 10 N–H and O–H groups in total. The quantitative estimate of drug-likeness (QED) is 0.112. The lowest BCUT2D eigenvalue weighted by Crippen LogP contribution is -2.69. The summed E-state index contributed by atoms with van der Waals surface area (Å²) in [5.41, 5.74) is -3.69. The van der Waals surface area contributed by atoms with E-state index in [0.717, 1.165) is 17.7 Å². The second kappa shape index (κ2) is 14.3. The Balaban J connectivity index is 1.22. The molecule has 1 heterocycles. The molecule has 4 unspecified atom stereocenters. The second-order valence-corrected chi connectivity index (χ2v) is 20.1. The minimum Gasteiger partial charge on any atom is -0.504 e. The number of rotatable bonds is 6. The van der Waals surface area contributed by atoms with Gasteiger partial charge in [-0.1, -0.05) is 53.2 Å². The van der Waals surface area contributed by atoms with E-state index >= 15 is 0 Å². The van der Waals surface area contributed by atoms with Crippen LogP contribution in [-0.4, -0.2) is 125 Å². The average Bonchev–Trinajstić information content (AvgIpc) is 3.16. The summed E-state index contributed by atoms with van der Waals surface area (Å²) in [6.07, 6.45) is -5.31. The Bertz CT molecular complexity index is 1810. The van der Waals surface area contributed by atoms with Gasteiger partial charge in [0.2, 0.25) is 6.29 Å². The standard InChI is InChI=1S/C43H62O15/c1-38(2)11-13-43(37(55)58-36-32(52)31(51)30(50)25(18-44)56-36)14-12-41(5)21(28(43)33(38)53)7-8-27-39(3)17-24(48)34(40(4,19-45)26(39)9-10-42(27,41)6)57-35(54)20-15-22(46)29(49)23(47)16-20/h7,15-16,24-28,30-34,36,44-53H,8-14,17-19H2,1-6H3/t24-,25?,26?,27?,28-,30-,31+,32?,33+,34+,36+,39+,40+,41-,42-,43+/m1/s1. The van der Waals surface area contributed by atoms with Crippen molar-refractivity contribution in [3.63, 3.8) is 0 Å². The summed E-state index contributed by atoms with van der Waals surface area (Å²) >= 11 is 0. The van der Waals surface area contributed by atoms with Crippen LogP contribution in [0.3, 0.4) is 0 Å². The maximum atomic E-state index is 14.6. The van der Waals surface area contributed by atoms with Crippen molar-refractivity contribution in [3.8, 4) is 17.2 Å². The molecule has 0 spiro atoms. The highest BCUT2D eigenvalue weighted by Crippen LogP contribution is 2.76. The number of carbonyl (C=O) groups is 2.